The molecule has 0 aliphatic heterocycles. The average molecular weight is 330 g/mol. The van der Waals surface area contributed by atoms with Crippen molar-refractivity contribution in [2.24, 2.45) is 5.92 Å². The second-order valence-corrected chi connectivity index (χ2v) is 6.67. The van der Waals surface area contributed by atoms with Gasteiger partial charge in [-0.25, -0.2) is 0 Å². The number of ether oxygens (including phenoxy) is 2. The van der Waals surface area contributed by atoms with Crippen molar-refractivity contribution in [1.29, 1.82) is 5.26 Å². The Balaban J connectivity index is 2.14. The highest BCUT2D eigenvalue weighted by Gasteiger charge is 2.48. The summed E-state index contributed by atoms with van der Waals surface area (Å²) in [6.07, 6.45) is 2.88. The number of nitrogens with zero attached hydrogens (tertiary/aromatic N) is 1. The Kier molecular flexibility index (Phi) is 5.84. The molecule has 0 spiro atoms. The van der Waals surface area contributed by atoms with Crippen molar-refractivity contribution >= 4 is 11.6 Å². The molecular weight excluding hydrogens is 304 g/mol. The van der Waals surface area contributed by atoms with E-state index in [0.29, 0.717) is 23.6 Å². The Morgan fingerprint density at radius 2 is 2.17 bits per heavy atom. The van der Waals surface area contributed by atoms with E-state index in [1.807, 2.05) is 27.7 Å². The molecular formula is C19H26N2O3. The third-order valence-electron chi connectivity index (χ3n) is 4.13. The number of carbonyl (C=O) groups is 1. The maximum absolute atomic E-state index is 12.7. The Labute approximate surface area is 144 Å². The first-order chi connectivity index (χ1) is 11.4. The molecule has 1 aromatic carbocycles. The smallest absolute Gasteiger partial charge is 0.256 e. The first-order valence-electron chi connectivity index (χ1n) is 8.57. The molecule has 2 rings (SSSR count). The lowest BCUT2D eigenvalue weighted by atomic mass is 9.98. The summed E-state index contributed by atoms with van der Waals surface area (Å²) in [7, 11) is 0. The lowest BCUT2D eigenvalue weighted by Gasteiger charge is -2.28. The minimum absolute atomic E-state index is 0.0156. The molecule has 1 aliphatic carbocycles. The quantitative estimate of drug-likeness (QED) is 0.785. The summed E-state index contributed by atoms with van der Waals surface area (Å²) in [5.41, 5.74) is 0.180. The van der Waals surface area contributed by atoms with Crippen LogP contribution in [0.2, 0.25) is 0 Å². The largest absolute Gasteiger partial charge is 0.490 e. The van der Waals surface area contributed by atoms with E-state index in [1.165, 1.54) is 0 Å². The molecule has 1 N–H and O–H groups in total. The third-order valence-corrected chi connectivity index (χ3v) is 4.13. The number of hydrogen-bond acceptors (Lipinski definition) is 4. The predicted molar refractivity (Wildman–Crippen MR) is 92.9 cm³/mol. The van der Waals surface area contributed by atoms with Gasteiger partial charge in [-0.3, -0.25) is 4.79 Å². The van der Waals surface area contributed by atoms with Crippen LogP contribution >= 0.6 is 0 Å². The highest BCUT2D eigenvalue weighted by molar-refractivity contribution is 5.97. The van der Waals surface area contributed by atoms with E-state index in [9.17, 15) is 10.1 Å². The fraction of sp³-hybridized carbons (Fsp3) is 0.579. The lowest BCUT2D eigenvalue weighted by molar-refractivity contribution is -0.142. The van der Waals surface area contributed by atoms with Crippen LogP contribution in [0, 0.1) is 17.2 Å². The molecule has 0 unspecified atom stereocenters. The van der Waals surface area contributed by atoms with E-state index >= 15 is 0 Å². The number of nitrogens with one attached hydrogen (secondary N) is 1. The van der Waals surface area contributed by atoms with E-state index in [-0.39, 0.29) is 17.9 Å². The van der Waals surface area contributed by atoms with E-state index in [1.54, 1.807) is 18.2 Å². The van der Waals surface area contributed by atoms with Crippen LogP contribution in [-0.2, 0) is 9.53 Å². The number of nitriles is 1. The molecule has 0 aromatic heterocycles. The monoisotopic (exact) mass is 330 g/mol. The topological polar surface area (TPSA) is 71.3 Å². The molecule has 130 valence electrons. The van der Waals surface area contributed by atoms with Crippen LogP contribution in [0.1, 0.15) is 52.5 Å². The molecule has 1 atom stereocenters. The molecule has 1 fully saturated rings. The minimum atomic E-state index is -0.810. The maximum atomic E-state index is 12.7. The summed E-state index contributed by atoms with van der Waals surface area (Å²) in [5, 5.41) is 12.2. The number of hydrogen-bond donors (Lipinski definition) is 1. The van der Waals surface area contributed by atoms with Gasteiger partial charge in [-0.2, -0.15) is 5.26 Å². The molecule has 24 heavy (non-hydrogen) atoms. The van der Waals surface area contributed by atoms with Crippen molar-refractivity contribution in [3.8, 4) is 11.8 Å². The van der Waals surface area contributed by atoms with Gasteiger partial charge >= 0.3 is 0 Å². The molecule has 1 amide bonds. The van der Waals surface area contributed by atoms with Gasteiger partial charge in [0.05, 0.1) is 11.7 Å². The fourth-order valence-electron chi connectivity index (χ4n) is 2.62. The van der Waals surface area contributed by atoms with Crippen LogP contribution in [-0.4, -0.2) is 24.2 Å². The number of rotatable bonds is 8. The number of anilines is 1. The second kappa shape index (κ2) is 7.67. The summed E-state index contributed by atoms with van der Waals surface area (Å²) < 4.78 is 11.5. The van der Waals surface area contributed by atoms with Gasteiger partial charge in [0, 0.05) is 12.3 Å². The normalized spacial score (nSPS) is 16.3. The van der Waals surface area contributed by atoms with E-state index < -0.39 is 5.60 Å². The molecule has 5 nitrogen and oxygen atoms in total. The highest BCUT2D eigenvalue weighted by Crippen LogP contribution is 2.42. The van der Waals surface area contributed by atoms with Crippen molar-refractivity contribution in [2.75, 3.05) is 11.9 Å². The SMILES string of the molecule is CCCO[C@@](C)(C(=O)Nc1ccc(OC(C)C)c(C#N)c1)C1CC1. The Hall–Kier alpha value is -2.06. The van der Waals surface area contributed by atoms with Crippen LogP contribution in [0.5, 0.6) is 5.75 Å². The number of benzene rings is 1. The molecule has 1 aromatic rings. The molecule has 1 saturated carbocycles. The summed E-state index contributed by atoms with van der Waals surface area (Å²) in [5.74, 6) is 0.639. The van der Waals surface area contributed by atoms with Gasteiger partial charge in [-0.05, 0) is 64.2 Å². The van der Waals surface area contributed by atoms with Gasteiger partial charge < -0.3 is 14.8 Å². The van der Waals surface area contributed by atoms with E-state index in [0.717, 1.165) is 19.3 Å². The zero-order valence-electron chi connectivity index (χ0n) is 14.9. The van der Waals surface area contributed by atoms with Gasteiger partial charge in [0.15, 0.2) is 0 Å². The lowest BCUT2D eigenvalue weighted by Crippen LogP contribution is -2.45. The standard InChI is InChI=1S/C19H26N2O3/c1-5-10-23-19(4,15-6-7-15)18(22)21-16-8-9-17(24-13(2)3)14(11-16)12-20/h8-9,11,13,15H,5-7,10H2,1-4H3,(H,21,22)/t19-/m1/s1. The zero-order valence-corrected chi connectivity index (χ0v) is 14.9. The second-order valence-electron chi connectivity index (χ2n) is 6.67. The minimum Gasteiger partial charge on any atom is -0.490 e. The first-order valence-corrected chi connectivity index (χ1v) is 8.57. The Morgan fingerprint density at radius 3 is 2.71 bits per heavy atom. The van der Waals surface area contributed by atoms with Gasteiger partial charge in [0.1, 0.15) is 17.4 Å². The van der Waals surface area contributed by atoms with Crippen molar-refractivity contribution in [3.05, 3.63) is 23.8 Å². The van der Waals surface area contributed by atoms with Gasteiger partial charge in [-0.15, -0.1) is 0 Å². The van der Waals surface area contributed by atoms with Crippen LogP contribution in [0.25, 0.3) is 0 Å². The fourth-order valence-corrected chi connectivity index (χ4v) is 2.62. The molecule has 0 bridgehead atoms. The number of carbonyl (C=O) groups excluding carboxylic acids is 1. The predicted octanol–water partition coefficient (Wildman–Crippen LogP) is 3.88. The highest BCUT2D eigenvalue weighted by atomic mass is 16.5. The Bertz CT molecular complexity index is 632. The van der Waals surface area contributed by atoms with Crippen LogP contribution in [0.3, 0.4) is 0 Å². The van der Waals surface area contributed by atoms with Crippen LogP contribution in [0.4, 0.5) is 5.69 Å². The molecule has 5 heteroatoms. The van der Waals surface area contributed by atoms with E-state index in [2.05, 4.69) is 11.4 Å². The Morgan fingerprint density at radius 1 is 1.46 bits per heavy atom. The average Bonchev–Trinajstić information content (AvgIpc) is 3.38. The molecule has 0 radical (unpaired) electrons. The summed E-state index contributed by atoms with van der Waals surface area (Å²) in [4.78, 5) is 12.7. The number of amides is 1. The summed E-state index contributed by atoms with van der Waals surface area (Å²) in [6, 6.07) is 7.23. The molecule has 0 heterocycles. The van der Waals surface area contributed by atoms with Crippen LogP contribution < -0.4 is 10.1 Å². The van der Waals surface area contributed by atoms with Gasteiger partial charge in [0.2, 0.25) is 0 Å². The van der Waals surface area contributed by atoms with Gasteiger partial charge in [-0.1, -0.05) is 6.92 Å². The molecule has 0 saturated heterocycles. The van der Waals surface area contributed by atoms with Crippen molar-refractivity contribution in [3.63, 3.8) is 0 Å². The maximum Gasteiger partial charge on any atom is 0.256 e. The molecule has 1 aliphatic rings. The summed E-state index contributed by atoms with van der Waals surface area (Å²) >= 11 is 0. The van der Waals surface area contributed by atoms with E-state index in [4.69, 9.17) is 9.47 Å². The first kappa shape index (κ1) is 18.3. The van der Waals surface area contributed by atoms with Crippen molar-refractivity contribution in [1.82, 2.24) is 0 Å². The van der Waals surface area contributed by atoms with Gasteiger partial charge in [0.25, 0.3) is 5.91 Å². The zero-order chi connectivity index (χ0) is 17.7. The third kappa shape index (κ3) is 4.27. The van der Waals surface area contributed by atoms with Crippen molar-refractivity contribution < 1.29 is 14.3 Å². The van der Waals surface area contributed by atoms with Crippen LogP contribution in [0.15, 0.2) is 18.2 Å². The van der Waals surface area contributed by atoms with Crippen molar-refractivity contribution in [2.45, 2.75) is 58.7 Å². The summed E-state index contributed by atoms with van der Waals surface area (Å²) in [6.45, 7) is 8.26.